The van der Waals surface area contributed by atoms with Crippen molar-refractivity contribution in [3.63, 3.8) is 0 Å². The molecule has 0 aliphatic carbocycles. The van der Waals surface area contributed by atoms with E-state index in [1.807, 2.05) is 0 Å². The predicted molar refractivity (Wildman–Crippen MR) is 70.5 cm³/mol. The third-order valence-electron chi connectivity index (χ3n) is 2.74. The second kappa shape index (κ2) is 5.52. The van der Waals surface area contributed by atoms with Crippen molar-refractivity contribution in [1.29, 1.82) is 0 Å². The Labute approximate surface area is 114 Å². The van der Waals surface area contributed by atoms with Gasteiger partial charge in [-0.15, -0.1) is 0 Å². The van der Waals surface area contributed by atoms with Gasteiger partial charge in [-0.1, -0.05) is 0 Å². The number of nitro benzene ring substituents is 1. The zero-order valence-electron chi connectivity index (χ0n) is 10.9. The lowest BCUT2D eigenvalue weighted by molar-refractivity contribution is -0.383. The fourth-order valence-electron chi connectivity index (χ4n) is 1.79. The molecule has 1 heterocycles. The van der Waals surface area contributed by atoms with E-state index in [1.54, 1.807) is 12.1 Å². The van der Waals surface area contributed by atoms with Crippen LogP contribution in [0.5, 0.6) is 5.75 Å². The van der Waals surface area contributed by atoms with E-state index in [2.05, 4.69) is 9.72 Å². The van der Waals surface area contributed by atoms with Crippen molar-refractivity contribution in [3.05, 3.63) is 40.6 Å². The maximum absolute atomic E-state index is 11.4. The Morgan fingerprint density at radius 2 is 2.15 bits per heavy atom. The maximum Gasteiger partial charge on any atom is 0.346 e. The van der Waals surface area contributed by atoms with E-state index >= 15 is 0 Å². The van der Waals surface area contributed by atoms with Crippen LogP contribution in [0.3, 0.4) is 0 Å². The molecule has 20 heavy (non-hydrogen) atoms. The number of carbonyl (C=O) groups excluding carboxylic acids is 1. The molecule has 0 fully saturated rings. The number of ether oxygens (including phenoxy) is 2. The number of methoxy groups -OCH3 is 1. The summed E-state index contributed by atoms with van der Waals surface area (Å²) in [6.07, 6.45) is 0.646. The standard InChI is InChI=1S/C13H12N2O5/c1-8(13(16)19-2)20-11-6-5-10(15(17)18)12-9(11)4-3-7-14-12/h3-8H,1-2H3/t8-/m0/s1. The van der Waals surface area contributed by atoms with Gasteiger partial charge >= 0.3 is 5.97 Å². The van der Waals surface area contributed by atoms with Crippen LogP contribution in [-0.2, 0) is 9.53 Å². The predicted octanol–water partition coefficient (Wildman–Crippen LogP) is 2.08. The first kappa shape index (κ1) is 13.7. The number of non-ortho nitro benzene ring substituents is 1. The Hall–Kier alpha value is -2.70. The molecule has 7 nitrogen and oxygen atoms in total. The van der Waals surface area contributed by atoms with Crippen molar-refractivity contribution in [2.75, 3.05) is 7.11 Å². The molecule has 0 spiro atoms. The highest BCUT2D eigenvalue weighted by atomic mass is 16.6. The minimum atomic E-state index is -0.815. The van der Waals surface area contributed by atoms with Gasteiger partial charge in [0.2, 0.25) is 0 Å². The molecule has 0 radical (unpaired) electrons. The van der Waals surface area contributed by atoms with Crippen LogP contribution in [0.1, 0.15) is 6.92 Å². The minimum Gasteiger partial charge on any atom is -0.478 e. The first-order valence-corrected chi connectivity index (χ1v) is 5.81. The van der Waals surface area contributed by atoms with Gasteiger partial charge in [0.15, 0.2) is 11.6 Å². The summed E-state index contributed by atoms with van der Waals surface area (Å²) in [7, 11) is 1.26. The molecule has 0 amide bonds. The number of hydrogen-bond acceptors (Lipinski definition) is 6. The van der Waals surface area contributed by atoms with Crippen LogP contribution in [0.4, 0.5) is 5.69 Å². The van der Waals surface area contributed by atoms with Crippen LogP contribution in [0, 0.1) is 10.1 Å². The Morgan fingerprint density at radius 1 is 1.40 bits per heavy atom. The Kier molecular flexibility index (Phi) is 3.79. The van der Waals surface area contributed by atoms with Gasteiger partial charge in [0.05, 0.1) is 12.0 Å². The van der Waals surface area contributed by atoms with Crippen molar-refractivity contribution < 1.29 is 19.2 Å². The molecule has 0 N–H and O–H groups in total. The molecule has 0 saturated heterocycles. The molecule has 0 aliphatic heterocycles. The lowest BCUT2D eigenvalue weighted by atomic mass is 10.1. The molecule has 104 valence electrons. The molecule has 0 aliphatic rings. The Morgan fingerprint density at radius 3 is 2.80 bits per heavy atom. The van der Waals surface area contributed by atoms with E-state index in [0.29, 0.717) is 11.1 Å². The van der Waals surface area contributed by atoms with Crippen LogP contribution in [0.15, 0.2) is 30.5 Å². The molecule has 1 aromatic heterocycles. The average Bonchev–Trinajstić information content (AvgIpc) is 2.46. The fourth-order valence-corrected chi connectivity index (χ4v) is 1.79. The molecular formula is C13H12N2O5. The van der Waals surface area contributed by atoms with Crippen LogP contribution in [0.2, 0.25) is 0 Å². The van der Waals surface area contributed by atoms with Crippen LogP contribution in [-0.4, -0.2) is 29.1 Å². The lowest BCUT2D eigenvalue weighted by Crippen LogP contribution is -2.25. The molecular weight excluding hydrogens is 264 g/mol. The van der Waals surface area contributed by atoms with E-state index in [-0.39, 0.29) is 11.2 Å². The highest BCUT2D eigenvalue weighted by Gasteiger charge is 2.20. The third-order valence-corrected chi connectivity index (χ3v) is 2.74. The van der Waals surface area contributed by atoms with Crippen molar-refractivity contribution >= 4 is 22.6 Å². The zero-order valence-corrected chi connectivity index (χ0v) is 10.9. The summed E-state index contributed by atoms with van der Waals surface area (Å²) in [6.45, 7) is 1.54. The summed E-state index contributed by atoms with van der Waals surface area (Å²) < 4.78 is 10.0. The number of hydrogen-bond donors (Lipinski definition) is 0. The zero-order chi connectivity index (χ0) is 14.7. The Balaban J connectivity index is 2.48. The summed E-state index contributed by atoms with van der Waals surface area (Å²) in [5.74, 6) is -0.183. The number of pyridine rings is 1. The maximum atomic E-state index is 11.4. The average molecular weight is 276 g/mol. The summed E-state index contributed by atoms with van der Waals surface area (Å²) in [5, 5.41) is 11.4. The molecule has 1 aromatic carbocycles. The Bertz CT molecular complexity index is 671. The molecule has 0 unspecified atom stereocenters. The molecule has 2 aromatic rings. The van der Waals surface area contributed by atoms with Crippen molar-refractivity contribution in [2.45, 2.75) is 13.0 Å². The second-order valence-electron chi connectivity index (χ2n) is 4.02. The van der Waals surface area contributed by atoms with E-state index in [0.717, 1.165) is 0 Å². The van der Waals surface area contributed by atoms with Gasteiger partial charge in [-0.25, -0.2) is 9.78 Å². The second-order valence-corrected chi connectivity index (χ2v) is 4.02. The number of benzene rings is 1. The summed E-state index contributed by atoms with van der Waals surface area (Å²) >= 11 is 0. The smallest absolute Gasteiger partial charge is 0.346 e. The number of esters is 1. The van der Waals surface area contributed by atoms with Gasteiger partial charge in [0.1, 0.15) is 5.75 Å². The van der Waals surface area contributed by atoms with Crippen molar-refractivity contribution in [3.8, 4) is 5.75 Å². The summed E-state index contributed by atoms with van der Waals surface area (Å²) in [6, 6.07) is 6.03. The molecule has 0 bridgehead atoms. The topological polar surface area (TPSA) is 91.6 Å². The van der Waals surface area contributed by atoms with Gasteiger partial charge in [-0.3, -0.25) is 10.1 Å². The third kappa shape index (κ3) is 2.51. The summed E-state index contributed by atoms with van der Waals surface area (Å²) in [5.41, 5.74) is 0.103. The SMILES string of the molecule is COC(=O)[C@H](C)Oc1ccc([N+](=O)[O-])c2ncccc12. The highest BCUT2D eigenvalue weighted by Crippen LogP contribution is 2.31. The van der Waals surface area contributed by atoms with Gasteiger partial charge in [0, 0.05) is 17.6 Å². The summed E-state index contributed by atoms with van der Waals surface area (Å²) in [4.78, 5) is 25.8. The first-order valence-electron chi connectivity index (χ1n) is 5.81. The number of nitro groups is 1. The lowest BCUT2D eigenvalue weighted by Gasteiger charge is -2.13. The fraction of sp³-hybridized carbons (Fsp3) is 0.231. The van der Waals surface area contributed by atoms with Gasteiger partial charge in [0.25, 0.3) is 5.69 Å². The van der Waals surface area contributed by atoms with E-state index in [9.17, 15) is 14.9 Å². The number of carbonyl (C=O) groups is 1. The molecule has 2 rings (SSSR count). The molecule has 0 saturated carbocycles. The monoisotopic (exact) mass is 276 g/mol. The van der Waals surface area contributed by atoms with Gasteiger partial charge < -0.3 is 9.47 Å². The molecule has 1 atom stereocenters. The number of rotatable bonds is 4. The molecule has 7 heteroatoms. The van der Waals surface area contributed by atoms with Gasteiger partial charge in [-0.05, 0) is 25.1 Å². The van der Waals surface area contributed by atoms with Gasteiger partial charge in [-0.2, -0.15) is 0 Å². The first-order chi connectivity index (χ1) is 9.54. The van der Waals surface area contributed by atoms with E-state index in [1.165, 1.54) is 32.4 Å². The van der Waals surface area contributed by atoms with E-state index in [4.69, 9.17) is 4.74 Å². The number of nitrogens with zero attached hydrogens (tertiary/aromatic N) is 2. The van der Waals surface area contributed by atoms with Crippen LogP contribution in [0.25, 0.3) is 10.9 Å². The van der Waals surface area contributed by atoms with E-state index < -0.39 is 17.0 Å². The number of fused-ring (bicyclic) bond motifs is 1. The number of aromatic nitrogens is 1. The largest absolute Gasteiger partial charge is 0.478 e. The van der Waals surface area contributed by atoms with Crippen molar-refractivity contribution in [1.82, 2.24) is 4.98 Å². The normalized spacial score (nSPS) is 11.9. The quantitative estimate of drug-likeness (QED) is 0.482. The highest BCUT2D eigenvalue weighted by molar-refractivity contribution is 5.92. The van der Waals surface area contributed by atoms with Crippen LogP contribution < -0.4 is 4.74 Å². The van der Waals surface area contributed by atoms with Crippen molar-refractivity contribution in [2.24, 2.45) is 0 Å². The minimum absolute atomic E-state index is 0.112. The van der Waals surface area contributed by atoms with Crippen LogP contribution >= 0.6 is 0 Å².